The molecule has 1 heterocycles. The maximum absolute atomic E-state index is 11.1. The fourth-order valence-electron chi connectivity index (χ4n) is 1.68. The summed E-state index contributed by atoms with van der Waals surface area (Å²) in [7, 11) is 0. The quantitative estimate of drug-likeness (QED) is 0.484. The zero-order chi connectivity index (χ0) is 14.7. The number of aromatic nitrogens is 1. The number of carbonyl (C=O) groups is 1. The Balaban J connectivity index is 2.19. The minimum absolute atomic E-state index is 0.0439. The Morgan fingerprint density at radius 1 is 1.25 bits per heavy atom. The average molecular weight is 272 g/mol. The van der Waals surface area contributed by atoms with Crippen molar-refractivity contribution in [1.82, 2.24) is 4.98 Å². The zero-order valence-corrected chi connectivity index (χ0v) is 11.0. The number of hydrogen-bond acceptors (Lipinski definition) is 5. The highest BCUT2D eigenvalue weighted by molar-refractivity contribution is 5.92. The van der Waals surface area contributed by atoms with Crippen LogP contribution < -0.4 is 4.74 Å². The van der Waals surface area contributed by atoms with Crippen LogP contribution in [0.5, 0.6) is 11.5 Å². The van der Waals surface area contributed by atoms with E-state index in [0.717, 1.165) is 0 Å². The highest BCUT2D eigenvalue weighted by atomic mass is 16.6. The molecule has 0 unspecified atom stereocenters. The third-order valence-corrected chi connectivity index (χ3v) is 2.70. The highest BCUT2D eigenvalue weighted by Crippen LogP contribution is 2.26. The molecule has 0 N–H and O–H groups in total. The lowest BCUT2D eigenvalue weighted by Gasteiger charge is -2.06. The minimum Gasteiger partial charge on any atom is -0.456 e. The number of ether oxygens (including phenoxy) is 1. The number of hydrogen-bond donors (Lipinski definition) is 0. The molecule has 0 aliphatic rings. The second-order valence-electron chi connectivity index (χ2n) is 4.24. The monoisotopic (exact) mass is 272 g/mol. The van der Waals surface area contributed by atoms with Crippen molar-refractivity contribution in [3.63, 3.8) is 0 Å². The summed E-state index contributed by atoms with van der Waals surface area (Å²) in [6.45, 7) is 3.07. The molecule has 20 heavy (non-hydrogen) atoms. The van der Waals surface area contributed by atoms with E-state index in [1.54, 1.807) is 25.1 Å². The number of pyridine rings is 1. The molecule has 0 aliphatic carbocycles. The van der Waals surface area contributed by atoms with E-state index in [2.05, 4.69) is 4.98 Å². The van der Waals surface area contributed by atoms with E-state index in [9.17, 15) is 14.9 Å². The van der Waals surface area contributed by atoms with Crippen molar-refractivity contribution in [3.05, 3.63) is 57.9 Å². The van der Waals surface area contributed by atoms with Crippen LogP contribution in [-0.2, 0) is 0 Å². The number of nitro benzene ring substituents is 1. The Labute approximate surface area is 115 Å². The van der Waals surface area contributed by atoms with Crippen molar-refractivity contribution >= 4 is 11.5 Å². The molecular weight excluding hydrogens is 260 g/mol. The van der Waals surface area contributed by atoms with Crippen LogP contribution in [-0.4, -0.2) is 15.7 Å². The molecule has 2 aromatic rings. The summed E-state index contributed by atoms with van der Waals surface area (Å²) in [4.78, 5) is 25.3. The molecule has 0 saturated heterocycles. The van der Waals surface area contributed by atoms with Crippen molar-refractivity contribution in [1.29, 1.82) is 0 Å². The standard InChI is InChI=1S/C14H12N2O4/c1-9-7-11(4-6-14(9)16(18)19)20-12-3-5-13(10(2)17)15-8-12/h3-8H,1-2H3. The summed E-state index contributed by atoms with van der Waals surface area (Å²) in [5, 5.41) is 10.7. The fourth-order valence-corrected chi connectivity index (χ4v) is 1.68. The van der Waals surface area contributed by atoms with Crippen molar-refractivity contribution < 1.29 is 14.5 Å². The Bertz CT molecular complexity index is 665. The van der Waals surface area contributed by atoms with E-state index in [4.69, 9.17) is 4.74 Å². The van der Waals surface area contributed by atoms with Crippen LogP contribution in [0.15, 0.2) is 36.5 Å². The van der Waals surface area contributed by atoms with E-state index < -0.39 is 4.92 Å². The first-order valence-corrected chi connectivity index (χ1v) is 5.87. The van der Waals surface area contributed by atoms with Crippen LogP contribution >= 0.6 is 0 Å². The SMILES string of the molecule is CC(=O)c1ccc(Oc2ccc([N+](=O)[O-])c(C)c2)cn1. The molecule has 0 aliphatic heterocycles. The Kier molecular flexibility index (Phi) is 3.74. The Hall–Kier alpha value is -2.76. The lowest BCUT2D eigenvalue weighted by Crippen LogP contribution is -1.96. The molecule has 2 rings (SSSR count). The van der Waals surface area contributed by atoms with Gasteiger partial charge in [-0.2, -0.15) is 0 Å². The molecule has 0 spiro atoms. The highest BCUT2D eigenvalue weighted by Gasteiger charge is 2.11. The molecule has 102 valence electrons. The van der Waals surface area contributed by atoms with Crippen molar-refractivity contribution in [2.45, 2.75) is 13.8 Å². The maximum Gasteiger partial charge on any atom is 0.272 e. The molecule has 0 saturated carbocycles. The molecule has 1 aromatic heterocycles. The van der Waals surface area contributed by atoms with Crippen LogP contribution in [0.25, 0.3) is 0 Å². The largest absolute Gasteiger partial charge is 0.456 e. The second kappa shape index (κ2) is 5.48. The number of nitrogens with zero attached hydrogens (tertiary/aromatic N) is 2. The lowest BCUT2D eigenvalue weighted by molar-refractivity contribution is -0.385. The van der Waals surface area contributed by atoms with Gasteiger partial charge in [0.05, 0.1) is 11.1 Å². The van der Waals surface area contributed by atoms with E-state index in [1.807, 2.05) is 0 Å². The number of ketones is 1. The molecule has 0 bridgehead atoms. The van der Waals surface area contributed by atoms with E-state index >= 15 is 0 Å². The summed E-state index contributed by atoms with van der Waals surface area (Å²) >= 11 is 0. The van der Waals surface area contributed by atoms with Crippen molar-refractivity contribution in [2.75, 3.05) is 0 Å². The molecule has 6 nitrogen and oxygen atoms in total. The molecular formula is C14H12N2O4. The Morgan fingerprint density at radius 2 is 1.95 bits per heavy atom. The number of rotatable bonds is 4. The first-order valence-electron chi connectivity index (χ1n) is 5.87. The fraction of sp³-hybridized carbons (Fsp3) is 0.143. The van der Waals surface area contributed by atoms with Crippen LogP contribution in [0.3, 0.4) is 0 Å². The molecule has 0 amide bonds. The second-order valence-corrected chi connectivity index (χ2v) is 4.24. The van der Waals surface area contributed by atoms with Gasteiger partial charge >= 0.3 is 0 Å². The summed E-state index contributed by atoms with van der Waals surface area (Å²) in [6.07, 6.45) is 1.44. The van der Waals surface area contributed by atoms with Gasteiger partial charge in [-0.05, 0) is 31.2 Å². The summed E-state index contributed by atoms with van der Waals surface area (Å²) in [5.74, 6) is 0.816. The van der Waals surface area contributed by atoms with Gasteiger partial charge < -0.3 is 4.74 Å². The van der Waals surface area contributed by atoms with E-state index in [0.29, 0.717) is 22.8 Å². The third kappa shape index (κ3) is 2.97. The van der Waals surface area contributed by atoms with E-state index in [-0.39, 0.29) is 11.5 Å². The Morgan fingerprint density at radius 3 is 2.45 bits per heavy atom. The number of nitro groups is 1. The smallest absolute Gasteiger partial charge is 0.272 e. The summed E-state index contributed by atoms with van der Waals surface area (Å²) in [6, 6.07) is 7.68. The molecule has 0 fully saturated rings. The van der Waals surface area contributed by atoms with Crippen LogP contribution in [0, 0.1) is 17.0 Å². The molecule has 6 heteroatoms. The predicted molar refractivity (Wildman–Crippen MR) is 72.1 cm³/mol. The minimum atomic E-state index is -0.442. The van der Waals surface area contributed by atoms with Gasteiger partial charge in [-0.15, -0.1) is 0 Å². The van der Waals surface area contributed by atoms with E-state index in [1.165, 1.54) is 25.3 Å². The average Bonchev–Trinajstić information content (AvgIpc) is 2.39. The van der Waals surface area contributed by atoms with Crippen molar-refractivity contribution in [3.8, 4) is 11.5 Å². The zero-order valence-electron chi connectivity index (χ0n) is 11.0. The third-order valence-electron chi connectivity index (χ3n) is 2.70. The van der Waals surface area contributed by atoms with Gasteiger partial charge in [-0.3, -0.25) is 14.9 Å². The topological polar surface area (TPSA) is 82.3 Å². The summed E-state index contributed by atoms with van der Waals surface area (Å²) < 4.78 is 5.53. The normalized spacial score (nSPS) is 10.1. The number of Topliss-reactive ketones (excluding diaryl/α,β-unsaturated/α-hetero) is 1. The van der Waals surface area contributed by atoms with Gasteiger partial charge in [-0.1, -0.05) is 0 Å². The van der Waals surface area contributed by atoms with Gasteiger partial charge in [0, 0.05) is 18.6 Å². The number of carbonyl (C=O) groups excluding carboxylic acids is 1. The number of benzene rings is 1. The van der Waals surface area contributed by atoms with Gasteiger partial charge in [0.2, 0.25) is 0 Å². The molecule has 0 atom stereocenters. The lowest BCUT2D eigenvalue weighted by atomic mass is 10.2. The van der Waals surface area contributed by atoms with Crippen LogP contribution in [0.4, 0.5) is 5.69 Å². The predicted octanol–water partition coefficient (Wildman–Crippen LogP) is 3.29. The maximum atomic E-state index is 11.1. The first kappa shape index (κ1) is 13.7. The number of aryl methyl sites for hydroxylation is 1. The van der Waals surface area contributed by atoms with Gasteiger partial charge in [0.15, 0.2) is 5.78 Å². The van der Waals surface area contributed by atoms with Gasteiger partial charge in [-0.25, -0.2) is 4.98 Å². The van der Waals surface area contributed by atoms with Gasteiger partial charge in [0.1, 0.15) is 17.2 Å². The summed E-state index contributed by atoms with van der Waals surface area (Å²) in [5.41, 5.74) is 0.917. The van der Waals surface area contributed by atoms with Crippen LogP contribution in [0.1, 0.15) is 23.0 Å². The van der Waals surface area contributed by atoms with Gasteiger partial charge in [0.25, 0.3) is 5.69 Å². The molecule has 0 radical (unpaired) electrons. The van der Waals surface area contributed by atoms with Crippen LogP contribution in [0.2, 0.25) is 0 Å². The first-order chi connectivity index (χ1) is 9.47. The van der Waals surface area contributed by atoms with Crippen molar-refractivity contribution in [2.24, 2.45) is 0 Å². The molecule has 1 aromatic carbocycles.